The number of methoxy groups -OCH3 is 1. The lowest BCUT2D eigenvalue weighted by atomic mass is 10.3. The van der Waals surface area contributed by atoms with Crippen molar-refractivity contribution in [1.82, 2.24) is 15.0 Å². The Labute approximate surface area is 102 Å². The zero-order valence-electron chi connectivity index (χ0n) is 10.8. The molecule has 1 heterocycles. The molecular weight excluding hydrogens is 218 g/mol. The van der Waals surface area contributed by atoms with Crippen LogP contribution in [-0.2, 0) is 11.2 Å². The molecular formula is C11H21N5O. The minimum Gasteiger partial charge on any atom is -0.383 e. The number of anilines is 2. The lowest BCUT2D eigenvalue weighted by Gasteiger charge is -2.20. The van der Waals surface area contributed by atoms with Crippen molar-refractivity contribution in [1.29, 1.82) is 0 Å². The van der Waals surface area contributed by atoms with Gasteiger partial charge in [0, 0.05) is 26.6 Å². The summed E-state index contributed by atoms with van der Waals surface area (Å²) in [6, 6.07) is 0. The van der Waals surface area contributed by atoms with Crippen molar-refractivity contribution in [3.8, 4) is 0 Å². The van der Waals surface area contributed by atoms with E-state index >= 15 is 0 Å². The van der Waals surface area contributed by atoms with Gasteiger partial charge in [-0.2, -0.15) is 15.0 Å². The summed E-state index contributed by atoms with van der Waals surface area (Å²) in [5, 5.41) is 0. The predicted molar refractivity (Wildman–Crippen MR) is 68.0 cm³/mol. The summed E-state index contributed by atoms with van der Waals surface area (Å²) in [6.07, 6.45) is 1.81. The molecule has 0 aliphatic rings. The predicted octanol–water partition coefficient (Wildman–Crippen LogP) is 0.879. The summed E-state index contributed by atoms with van der Waals surface area (Å²) in [7, 11) is 1.68. The Morgan fingerprint density at radius 1 is 1.24 bits per heavy atom. The first-order valence-corrected chi connectivity index (χ1v) is 5.95. The van der Waals surface area contributed by atoms with Gasteiger partial charge in [0.2, 0.25) is 11.9 Å². The van der Waals surface area contributed by atoms with E-state index in [1.54, 1.807) is 7.11 Å². The molecule has 2 N–H and O–H groups in total. The Morgan fingerprint density at radius 2 is 2.00 bits per heavy atom. The van der Waals surface area contributed by atoms with E-state index in [1.165, 1.54) is 0 Å². The maximum Gasteiger partial charge on any atom is 0.230 e. The fourth-order valence-corrected chi connectivity index (χ4v) is 1.50. The van der Waals surface area contributed by atoms with Crippen LogP contribution in [0.3, 0.4) is 0 Å². The number of rotatable bonds is 7. The second-order valence-corrected chi connectivity index (χ2v) is 3.73. The van der Waals surface area contributed by atoms with Crippen LogP contribution in [0.25, 0.3) is 0 Å². The van der Waals surface area contributed by atoms with Crippen molar-refractivity contribution in [3.63, 3.8) is 0 Å². The summed E-state index contributed by atoms with van der Waals surface area (Å²) in [5.74, 6) is 1.68. The van der Waals surface area contributed by atoms with E-state index in [-0.39, 0.29) is 5.95 Å². The maximum atomic E-state index is 5.69. The molecule has 0 aromatic carbocycles. The molecule has 17 heavy (non-hydrogen) atoms. The molecule has 0 spiro atoms. The van der Waals surface area contributed by atoms with Crippen molar-refractivity contribution in [2.75, 3.05) is 37.4 Å². The van der Waals surface area contributed by atoms with Gasteiger partial charge in [0.25, 0.3) is 0 Å². The van der Waals surface area contributed by atoms with Gasteiger partial charge in [0.1, 0.15) is 5.82 Å². The number of hydrogen-bond acceptors (Lipinski definition) is 6. The van der Waals surface area contributed by atoms with Crippen molar-refractivity contribution < 1.29 is 4.74 Å². The third kappa shape index (κ3) is 4.14. The van der Waals surface area contributed by atoms with Crippen molar-refractivity contribution >= 4 is 11.9 Å². The van der Waals surface area contributed by atoms with Crippen LogP contribution in [0.5, 0.6) is 0 Å². The number of hydrogen-bond donors (Lipinski definition) is 1. The van der Waals surface area contributed by atoms with E-state index in [0.29, 0.717) is 12.6 Å². The van der Waals surface area contributed by atoms with Gasteiger partial charge in [-0.25, -0.2) is 0 Å². The molecule has 0 saturated heterocycles. The average molecular weight is 239 g/mol. The number of likely N-dealkylation sites (N-methyl/N-ethyl adjacent to an activating group) is 1. The Morgan fingerprint density at radius 3 is 2.59 bits per heavy atom. The minimum atomic E-state index is 0.286. The topological polar surface area (TPSA) is 77.2 Å². The van der Waals surface area contributed by atoms with Crippen molar-refractivity contribution in [2.45, 2.75) is 26.7 Å². The summed E-state index contributed by atoms with van der Waals surface area (Å²) >= 11 is 0. The van der Waals surface area contributed by atoms with Gasteiger partial charge in [-0.1, -0.05) is 6.92 Å². The third-order valence-corrected chi connectivity index (χ3v) is 2.39. The Bertz CT molecular complexity index is 345. The zero-order chi connectivity index (χ0) is 12.7. The van der Waals surface area contributed by atoms with Gasteiger partial charge in [-0.05, 0) is 13.3 Å². The molecule has 1 aromatic rings. The van der Waals surface area contributed by atoms with E-state index in [1.807, 2.05) is 4.90 Å². The molecule has 1 aromatic heterocycles. The molecule has 0 radical (unpaired) electrons. The van der Waals surface area contributed by atoms with E-state index in [0.717, 1.165) is 31.8 Å². The van der Waals surface area contributed by atoms with Crippen LogP contribution in [0.15, 0.2) is 0 Å². The fraction of sp³-hybridized carbons (Fsp3) is 0.727. The van der Waals surface area contributed by atoms with Crippen LogP contribution in [0.2, 0.25) is 0 Å². The van der Waals surface area contributed by atoms with Crippen molar-refractivity contribution in [2.24, 2.45) is 0 Å². The van der Waals surface area contributed by atoms with Crippen LogP contribution in [0, 0.1) is 0 Å². The van der Waals surface area contributed by atoms with E-state index in [4.69, 9.17) is 10.5 Å². The van der Waals surface area contributed by atoms with E-state index < -0.39 is 0 Å². The van der Waals surface area contributed by atoms with Gasteiger partial charge in [-0.15, -0.1) is 0 Å². The molecule has 0 bridgehead atoms. The first-order chi connectivity index (χ1) is 8.21. The molecule has 1 rings (SSSR count). The largest absolute Gasteiger partial charge is 0.383 e. The number of aryl methyl sites for hydroxylation is 1. The number of nitrogens with two attached hydrogens (primary N) is 1. The minimum absolute atomic E-state index is 0.286. The summed E-state index contributed by atoms with van der Waals surface area (Å²) in [6.45, 7) is 6.35. The average Bonchev–Trinajstić information content (AvgIpc) is 2.30. The first kappa shape index (κ1) is 13.6. The maximum absolute atomic E-state index is 5.69. The summed E-state index contributed by atoms with van der Waals surface area (Å²) < 4.78 is 5.06. The highest BCUT2D eigenvalue weighted by atomic mass is 16.5. The molecule has 0 aliphatic carbocycles. The fourth-order valence-electron chi connectivity index (χ4n) is 1.50. The van der Waals surface area contributed by atoms with Gasteiger partial charge in [0.15, 0.2) is 0 Å². The van der Waals surface area contributed by atoms with Crippen LogP contribution in [0.1, 0.15) is 26.1 Å². The highest BCUT2D eigenvalue weighted by molar-refractivity contribution is 5.34. The SMILES string of the molecule is CCCc1nc(N)nc(N(CC)CCOC)n1. The van der Waals surface area contributed by atoms with Gasteiger partial charge in [0.05, 0.1) is 6.61 Å². The molecule has 0 saturated carbocycles. The second kappa shape index (κ2) is 7.01. The number of ether oxygens (including phenoxy) is 1. The molecule has 6 nitrogen and oxygen atoms in total. The number of aromatic nitrogens is 3. The van der Waals surface area contributed by atoms with Gasteiger partial charge < -0.3 is 15.4 Å². The lowest BCUT2D eigenvalue weighted by molar-refractivity contribution is 0.205. The van der Waals surface area contributed by atoms with Crippen LogP contribution in [-0.4, -0.2) is 41.8 Å². The molecule has 0 unspecified atom stereocenters. The number of nitrogens with zero attached hydrogens (tertiary/aromatic N) is 4. The zero-order valence-corrected chi connectivity index (χ0v) is 10.8. The molecule has 0 amide bonds. The normalized spacial score (nSPS) is 10.5. The Kier molecular flexibility index (Phi) is 5.62. The van der Waals surface area contributed by atoms with Crippen molar-refractivity contribution in [3.05, 3.63) is 5.82 Å². The molecule has 96 valence electrons. The third-order valence-electron chi connectivity index (χ3n) is 2.39. The van der Waals surface area contributed by atoms with Crippen LogP contribution >= 0.6 is 0 Å². The quantitative estimate of drug-likeness (QED) is 0.761. The molecule has 0 aliphatic heterocycles. The Balaban J connectivity index is 2.85. The van der Waals surface area contributed by atoms with E-state index in [9.17, 15) is 0 Å². The summed E-state index contributed by atoms with van der Waals surface area (Å²) in [4.78, 5) is 14.7. The number of nitrogen functional groups attached to an aromatic ring is 1. The summed E-state index contributed by atoms with van der Waals surface area (Å²) in [5.41, 5.74) is 5.69. The molecule has 6 heteroatoms. The molecule has 0 atom stereocenters. The smallest absolute Gasteiger partial charge is 0.230 e. The highest BCUT2D eigenvalue weighted by Gasteiger charge is 2.10. The molecule has 0 fully saturated rings. The first-order valence-electron chi connectivity index (χ1n) is 5.95. The standard InChI is InChI=1S/C11H21N5O/c1-4-6-9-13-10(12)15-11(14-9)16(5-2)7-8-17-3/h4-8H2,1-3H3,(H2,12,13,14,15). The Hall–Kier alpha value is -1.43. The van der Waals surface area contributed by atoms with E-state index in [2.05, 4.69) is 28.8 Å². The lowest BCUT2D eigenvalue weighted by Crippen LogP contribution is -2.29. The van der Waals surface area contributed by atoms with Gasteiger partial charge in [-0.3, -0.25) is 0 Å². The second-order valence-electron chi connectivity index (χ2n) is 3.73. The van der Waals surface area contributed by atoms with Crippen LogP contribution in [0.4, 0.5) is 11.9 Å². The monoisotopic (exact) mass is 239 g/mol. The highest BCUT2D eigenvalue weighted by Crippen LogP contribution is 2.09. The van der Waals surface area contributed by atoms with Crippen LogP contribution < -0.4 is 10.6 Å². The van der Waals surface area contributed by atoms with Gasteiger partial charge >= 0.3 is 0 Å².